The van der Waals surface area contributed by atoms with E-state index in [9.17, 15) is 24.3 Å². The zero-order valence-electron chi connectivity index (χ0n) is 18.9. The van der Waals surface area contributed by atoms with Gasteiger partial charge < -0.3 is 9.84 Å². The number of hydrogen-bond donors (Lipinski definition) is 1. The first-order valence-electron chi connectivity index (χ1n) is 11.0. The summed E-state index contributed by atoms with van der Waals surface area (Å²) < 4.78 is 5.19. The number of hydrogen-bond acceptors (Lipinski definition) is 5. The Bertz CT molecular complexity index is 1300. The smallest absolute Gasteiger partial charge is 0.307 e. The molecule has 1 aliphatic heterocycles. The van der Waals surface area contributed by atoms with Gasteiger partial charge in [0.05, 0.1) is 24.2 Å². The molecule has 1 heterocycles. The van der Waals surface area contributed by atoms with Crippen LogP contribution in [0.1, 0.15) is 43.9 Å². The normalized spacial score (nSPS) is 13.5. The summed E-state index contributed by atoms with van der Waals surface area (Å²) >= 11 is 5.92. The third kappa shape index (κ3) is 4.95. The van der Waals surface area contributed by atoms with Gasteiger partial charge in [0.25, 0.3) is 11.8 Å². The number of fused-ring (bicyclic) bond motifs is 1. The van der Waals surface area contributed by atoms with Crippen molar-refractivity contribution in [3.63, 3.8) is 0 Å². The van der Waals surface area contributed by atoms with Gasteiger partial charge in [-0.25, -0.2) is 0 Å². The first kappa shape index (κ1) is 24.2. The van der Waals surface area contributed by atoms with Crippen molar-refractivity contribution >= 4 is 35.2 Å². The van der Waals surface area contributed by atoms with Crippen LogP contribution in [-0.2, 0) is 4.79 Å². The van der Waals surface area contributed by atoms with Gasteiger partial charge >= 0.3 is 5.97 Å². The second-order valence-corrected chi connectivity index (χ2v) is 8.62. The highest BCUT2D eigenvalue weighted by Gasteiger charge is 2.38. The SMILES string of the molecule is COc1cccc2c1C(=O)N(CCC(CC(=O)c1ccc(-c3ccc(Cl)cc3)cc1)C(=O)O)C2=O. The summed E-state index contributed by atoms with van der Waals surface area (Å²) in [6, 6.07) is 18.9. The third-order valence-corrected chi connectivity index (χ3v) is 6.30. The van der Waals surface area contributed by atoms with Crippen molar-refractivity contribution < 1.29 is 29.0 Å². The Labute approximate surface area is 206 Å². The van der Waals surface area contributed by atoms with E-state index < -0.39 is 23.7 Å². The summed E-state index contributed by atoms with van der Waals surface area (Å²) in [6.07, 6.45) is -0.292. The number of carbonyl (C=O) groups excluding carboxylic acids is 3. The predicted octanol–water partition coefficient (Wildman–Crippen LogP) is 4.98. The maximum absolute atomic E-state index is 12.8. The second-order valence-electron chi connectivity index (χ2n) is 8.18. The van der Waals surface area contributed by atoms with Crippen LogP contribution in [0.5, 0.6) is 5.75 Å². The monoisotopic (exact) mass is 491 g/mol. The molecule has 3 aromatic carbocycles. The molecule has 1 atom stereocenters. The van der Waals surface area contributed by atoms with Gasteiger partial charge in [0, 0.05) is 23.6 Å². The lowest BCUT2D eigenvalue weighted by molar-refractivity contribution is -0.142. The quantitative estimate of drug-likeness (QED) is 0.335. The van der Waals surface area contributed by atoms with Crippen molar-refractivity contribution in [2.75, 3.05) is 13.7 Å². The van der Waals surface area contributed by atoms with E-state index in [1.54, 1.807) is 48.5 Å². The molecule has 0 saturated heterocycles. The average Bonchev–Trinajstić information content (AvgIpc) is 3.11. The van der Waals surface area contributed by atoms with Crippen molar-refractivity contribution in [1.82, 2.24) is 4.90 Å². The molecule has 0 aromatic heterocycles. The number of Topliss-reactive ketones (excluding diaryl/α,β-unsaturated/α-hetero) is 1. The van der Waals surface area contributed by atoms with Crippen LogP contribution in [-0.4, -0.2) is 47.2 Å². The number of amides is 2. The molecule has 3 aromatic rings. The fourth-order valence-corrected chi connectivity index (χ4v) is 4.23. The molecule has 0 aliphatic carbocycles. The number of rotatable bonds is 9. The van der Waals surface area contributed by atoms with Crippen LogP contribution < -0.4 is 4.74 Å². The summed E-state index contributed by atoms with van der Waals surface area (Å²) in [5.41, 5.74) is 2.62. The molecule has 178 valence electrons. The number of carboxylic acids is 1. The van der Waals surface area contributed by atoms with Crippen LogP contribution in [0, 0.1) is 5.92 Å². The van der Waals surface area contributed by atoms with E-state index in [2.05, 4.69) is 0 Å². The van der Waals surface area contributed by atoms with Gasteiger partial charge in [-0.1, -0.05) is 54.1 Å². The molecule has 8 heteroatoms. The summed E-state index contributed by atoms with van der Waals surface area (Å²) in [7, 11) is 1.41. The van der Waals surface area contributed by atoms with Crippen LogP contribution in [0.3, 0.4) is 0 Å². The minimum atomic E-state index is -1.16. The van der Waals surface area contributed by atoms with E-state index in [0.29, 0.717) is 10.6 Å². The van der Waals surface area contributed by atoms with E-state index >= 15 is 0 Å². The molecular formula is C27H22ClNO6. The number of carbonyl (C=O) groups is 4. The van der Waals surface area contributed by atoms with Gasteiger partial charge in [0.2, 0.25) is 0 Å². The number of halogens is 1. The molecule has 1 aliphatic rings. The molecule has 0 radical (unpaired) electrons. The molecule has 35 heavy (non-hydrogen) atoms. The molecule has 0 fully saturated rings. The summed E-state index contributed by atoms with van der Waals surface area (Å²) in [5, 5.41) is 10.3. The highest BCUT2D eigenvalue weighted by molar-refractivity contribution is 6.30. The van der Waals surface area contributed by atoms with E-state index in [1.165, 1.54) is 13.2 Å². The Morgan fingerprint density at radius 3 is 2.17 bits per heavy atom. The molecule has 2 amide bonds. The lowest BCUT2D eigenvalue weighted by atomic mass is 9.94. The fourth-order valence-electron chi connectivity index (χ4n) is 4.11. The second kappa shape index (κ2) is 10.1. The maximum Gasteiger partial charge on any atom is 0.307 e. The van der Waals surface area contributed by atoms with Gasteiger partial charge in [-0.3, -0.25) is 24.1 Å². The number of carboxylic acid groups (broad SMARTS) is 1. The average molecular weight is 492 g/mol. The molecule has 0 bridgehead atoms. The summed E-state index contributed by atoms with van der Waals surface area (Å²) in [4.78, 5) is 51.1. The molecule has 1 N–H and O–H groups in total. The lowest BCUT2D eigenvalue weighted by Gasteiger charge is -2.17. The largest absolute Gasteiger partial charge is 0.496 e. The standard InChI is InChI=1S/C27H22ClNO6/c1-35-23-4-2-3-21-24(23)26(32)29(25(21)31)14-13-19(27(33)34)15-22(30)18-7-5-16(6-8-18)17-9-11-20(28)12-10-17/h2-12,19H,13-15H2,1H3,(H,33,34). The lowest BCUT2D eigenvalue weighted by Crippen LogP contribution is -2.33. The van der Waals surface area contributed by atoms with Crippen molar-refractivity contribution in [3.8, 4) is 16.9 Å². The minimum absolute atomic E-state index is 0.0439. The minimum Gasteiger partial charge on any atom is -0.496 e. The molecule has 7 nitrogen and oxygen atoms in total. The predicted molar refractivity (Wildman–Crippen MR) is 130 cm³/mol. The number of methoxy groups -OCH3 is 1. The van der Waals surface area contributed by atoms with Crippen LogP contribution in [0.2, 0.25) is 5.02 Å². The first-order valence-corrected chi connectivity index (χ1v) is 11.3. The van der Waals surface area contributed by atoms with Gasteiger partial charge in [0.1, 0.15) is 5.75 Å². The van der Waals surface area contributed by atoms with E-state index in [1.807, 2.05) is 12.1 Å². The molecular weight excluding hydrogens is 470 g/mol. The number of aliphatic carboxylic acids is 1. The van der Waals surface area contributed by atoms with Crippen LogP contribution in [0.25, 0.3) is 11.1 Å². The van der Waals surface area contributed by atoms with E-state index in [0.717, 1.165) is 16.0 Å². The Hall–Kier alpha value is -3.97. The van der Waals surface area contributed by atoms with Gasteiger partial charge in [-0.2, -0.15) is 0 Å². The first-order chi connectivity index (χ1) is 16.8. The Morgan fingerprint density at radius 2 is 1.57 bits per heavy atom. The Kier molecular flexibility index (Phi) is 6.98. The molecule has 1 unspecified atom stereocenters. The molecule has 0 saturated carbocycles. The highest BCUT2D eigenvalue weighted by atomic mass is 35.5. The maximum atomic E-state index is 12.8. The van der Waals surface area contributed by atoms with Gasteiger partial charge in [0.15, 0.2) is 5.78 Å². The van der Waals surface area contributed by atoms with Crippen LogP contribution in [0.15, 0.2) is 66.7 Å². The van der Waals surface area contributed by atoms with Crippen molar-refractivity contribution in [1.29, 1.82) is 0 Å². The van der Waals surface area contributed by atoms with Gasteiger partial charge in [-0.15, -0.1) is 0 Å². The van der Waals surface area contributed by atoms with Crippen LogP contribution >= 0.6 is 11.6 Å². The van der Waals surface area contributed by atoms with E-state index in [4.69, 9.17) is 16.3 Å². The summed E-state index contributed by atoms with van der Waals surface area (Å²) in [6.45, 7) is -0.116. The number of imide groups is 1. The van der Waals surface area contributed by atoms with Crippen molar-refractivity contribution in [2.24, 2.45) is 5.92 Å². The number of ether oxygens (including phenoxy) is 1. The van der Waals surface area contributed by atoms with E-state index in [-0.39, 0.29) is 42.0 Å². The fraction of sp³-hybridized carbons (Fsp3) is 0.185. The zero-order valence-corrected chi connectivity index (χ0v) is 19.6. The van der Waals surface area contributed by atoms with Gasteiger partial charge in [-0.05, 0) is 41.8 Å². The highest BCUT2D eigenvalue weighted by Crippen LogP contribution is 2.31. The Morgan fingerprint density at radius 1 is 0.943 bits per heavy atom. The number of ketones is 1. The third-order valence-electron chi connectivity index (χ3n) is 6.05. The summed E-state index contributed by atoms with van der Waals surface area (Å²) in [5.74, 6) is -3.29. The van der Waals surface area contributed by atoms with Crippen molar-refractivity contribution in [2.45, 2.75) is 12.8 Å². The Balaban J connectivity index is 1.42. The molecule has 4 rings (SSSR count). The zero-order chi connectivity index (χ0) is 25.1. The van der Waals surface area contributed by atoms with Crippen molar-refractivity contribution in [3.05, 3.63) is 88.4 Å². The number of benzene rings is 3. The van der Waals surface area contributed by atoms with Crippen LogP contribution in [0.4, 0.5) is 0 Å². The molecule has 0 spiro atoms. The number of nitrogens with zero attached hydrogens (tertiary/aromatic N) is 1. The topological polar surface area (TPSA) is 101 Å².